The number of anilines is 1. The molecule has 0 aromatic heterocycles. The zero-order valence-electron chi connectivity index (χ0n) is 18.6. The van der Waals surface area contributed by atoms with Crippen LogP contribution in [0.5, 0.6) is 5.75 Å². The van der Waals surface area contributed by atoms with Crippen LogP contribution in [0.2, 0.25) is 0 Å². The zero-order valence-corrected chi connectivity index (χ0v) is 20.3. The van der Waals surface area contributed by atoms with Gasteiger partial charge in [0, 0.05) is 4.90 Å². The predicted molar refractivity (Wildman–Crippen MR) is 133 cm³/mol. The summed E-state index contributed by atoms with van der Waals surface area (Å²) in [6, 6.07) is 18.4. The molecular formula is C24H24FN3O4S2. The molecule has 0 atom stereocenters. The lowest BCUT2D eigenvalue weighted by Crippen LogP contribution is -2.39. The van der Waals surface area contributed by atoms with Crippen LogP contribution in [-0.2, 0) is 14.8 Å². The van der Waals surface area contributed by atoms with Crippen LogP contribution < -0.4 is 14.5 Å². The lowest BCUT2D eigenvalue weighted by molar-refractivity contribution is -0.119. The molecule has 178 valence electrons. The van der Waals surface area contributed by atoms with Gasteiger partial charge in [0.1, 0.15) is 18.1 Å². The predicted octanol–water partition coefficient (Wildman–Crippen LogP) is 4.29. The van der Waals surface area contributed by atoms with E-state index < -0.39 is 22.5 Å². The normalized spacial score (nSPS) is 11.4. The first-order chi connectivity index (χ1) is 16.3. The number of sulfonamides is 1. The van der Waals surface area contributed by atoms with Crippen LogP contribution >= 0.6 is 11.8 Å². The van der Waals surface area contributed by atoms with E-state index in [4.69, 9.17) is 4.74 Å². The highest BCUT2D eigenvalue weighted by Crippen LogP contribution is 2.27. The smallest absolute Gasteiger partial charge is 0.264 e. The Morgan fingerprint density at radius 1 is 1.06 bits per heavy atom. The Hall–Kier alpha value is -3.37. The quantitative estimate of drug-likeness (QED) is 0.254. The molecule has 0 bridgehead atoms. The molecule has 0 spiro atoms. The van der Waals surface area contributed by atoms with Crippen molar-refractivity contribution in [2.45, 2.75) is 16.7 Å². The lowest BCUT2D eigenvalue weighted by atomic mass is 10.2. The van der Waals surface area contributed by atoms with E-state index in [9.17, 15) is 17.6 Å². The van der Waals surface area contributed by atoms with Crippen LogP contribution in [0.1, 0.15) is 12.5 Å². The third kappa shape index (κ3) is 6.58. The molecule has 0 saturated heterocycles. The molecule has 34 heavy (non-hydrogen) atoms. The molecule has 10 heteroatoms. The van der Waals surface area contributed by atoms with E-state index in [0.29, 0.717) is 23.6 Å². The Bertz CT molecular complexity index is 1230. The first-order valence-corrected chi connectivity index (χ1v) is 13.0. The Morgan fingerprint density at radius 3 is 2.29 bits per heavy atom. The van der Waals surface area contributed by atoms with Gasteiger partial charge in [-0.2, -0.15) is 5.10 Å². The summed E-state index contributed by atoms with van der Waals surface area (Å²) in [5.74, 6) is -0.444. The summed E-state index contributed by atoms with van der Waals surface area (Å²) >= 11 is 1.49. The molecule has 0 aliphatic heterocycles. The van der Waals surface area contributed by atoms with Crippen molar-refractivity contribution in [2.75, 3.05) is 23.7 Å². The molecule has 0 saturated carbocycles. The van der Waals surface area contributed by atoms with E-state index in [1.54, 1.807) is 36.4 Å². The van der Waals surface area contributed by atoms with Crippen molar-refractivity contribution in [3.8, 4) is 5.75 Å². The molecular weight excluding hydrogens is 477 g/mol. The van der Waals surface area contributed by atoms with Crippen molar-refractivity contribution in [2.24, 2.45) is 5.10 Å². The maximum absolute atomic E-state index is 13.4. The first-order valence-electron chi connectivity index (χ1n) is 10.3. The number of hydrazone groups is 1. The third-order valence-electron chi connectivity index (χ3n) is 4.64. The first kappa shape index (κ1) is 25.3. The second-order valence-electron chi connectivity index (χ2n) is 6.96. The molecule has 3 rings (SSSR count). The molecule has 3 aromatic carbocycles. The number of hydrogen-bond acceptors (Lipinski definition) is 6. The molecule has 0 aliphatic rings. The average Bonchev–Trinajstić information content (AvgIpc) is 2.84. The van der Waals surface area contributed by atoms with Gasteiger partial charge in [-0.3, -0.25) is 9.10 Å². The SMILES string of the molecule is CCOc1ccc(N(CC(=O)N/N=C\c2ccc(F)cc2)S(=O)(=O)c2ccc(SC)cc2)cc1. The number of halogens is 1. The Labute approximate surface area is 202 Å². The molecule has 0 fully saturated rings. The molecule has 0 heterocycles. The second-order valence-corrected chi connectivity index (χ2v) is 9.70. The van der Waals surface area contributed by atoms with Crippen molar-refractivity contribution in [1.29, 1.82) is 0 Å². The van der Waals surface area contributed by atoms with Crippen LogP contribution in [0.3, 0.4) is 0 Å². The van der Waals surface area contributed by atoms with Gasteiger partial charge in [0.25, 0.3) is 15.9 Å². The lowest BCUT2D eigenvalue weighted by Gasteiger charge is -2.24. The molecule has 1 amide bonds. The van der Waals surface area contributed by atoms with Crippen molar-refractivity contribution < 1.29 is 22.3 Å². The minimum atomic E-state index is -4.05. The summed E-state index contributed by atoms with van der Waals surface area (Å²) < 4.78 is 46.3. The highest BCUT2D eigenvalue weighted by Gasteiger charge is 2.27. The van der Waals surface area contributed by atoms with Crippen LogP contribution in [0.15, 0.2) is 87.7 Å². The number of thioether (sulfide) groups is 1. The van der Waals surface area contributed by atoms with Gasteiger partial charge in [0.15, 0.2) is 0 Å². The number of hydrogen-bond donors (Lipinski definition) is 1. The zero-order chi connectivity index (χ0) is 24.6. The van der Waals surface area contributed by atoms with Crippen molar-refractivity contribution in [3.63, 3.8) is 0 Å². The molecule has 0 aliphatic carbocycles. The number of carbonyl (C=O) groups is 1. The van der Waals surface area contributed by atoms with Crippen LogP contribution in [0, 0.1) is 5.82 Å². The summed E-state index contributed by atoms with van der Waals surface area (Å²) in [4.78, 5) is 13.6. The Morgan fingerprint density at radius 2 is 1.71 bits per heavy atom. The minimum absolute atomic E-state index is 0.0572. The summed E-state index contributed by atoms with van der Waals surface area (Å²) in [6.07, 6.45) is 3.24. The van der Waals surface area contributed by atoms with Gasteiger partial charge >= 0.3 is 0 Å². The number of ether oxygens (including phenoxy) is 1. The molecule has 0 unspecified atom stereocenters. The van der Waals surface area contributed by atoms with E-state index in [1.807, 2.05) is 13.2 Å². The summed E-state index contributed by atoms with van der Waals surface area (Å²) in [6.45, 7) is 1.82. The second kappa shape index (κ2) is 11.7. The maximum atomic E-state index is 13.4. The van der Waals surface area contributed by atoms with E-state index >= 15 is 0 Å². The summed E-state index contributed by atoms with van der Waals surface area (Å²) in [5, 5.41) is 3.84. The van der Waals surface area contributed by atoms with Gasteiger partial charge in [-0.15, -0.1) is 11.8 Å². The van der Waals surface area contributed by atoms with Gasteiger partial charge < -0.3 is 4.74 Å². The van der Waals surface area contributed by atoms with Gasteiger partial charge in [-0.25, -0.2) is 18.2 Å². The van der Waals surface area contributed by atoms with E-state index in [0.717, 1.165) is 9.20 Å². The van der Waals surface area contributed by atoms with E-state index in [1.165, 1.54) is 54.4 Å². The van der Waals surface area contributed by atoms with Crippen molar-refractivity contribution in [3.05, 3.63) is 84.2 Å². The summed E-state index contributed by atoms with van der Waals surface area (Å²) in [5.41, 5.74) is 3.20. The van der Waals surface area contributed by atoms with Gasteiger partial charge in [0.05, 0.1) is 23.4 Å². The fourth-order valence-electron chi connectivity index (χ4n) is 2.96. The number of nitrogens with one attached hydrogen (secondary N) is 1. The van der Waals surface area contributed by atoms with Crippen LogP contribution in [0.4, 0.5) is 10.1 Å². The van der Waals surface area contributed by atoms with Crippen molar-refractivity contribution in [1.82, 2.24) is 5.43 Å². The number of carbonyl (C=O) groups excluding carboxylic acids is 1. The van der Waals surface area contributed by atoms with Crippen LogP contribution in [0.25, 0.3) is 0 Å². The van der Waals surface area contributed by atoms with Crippen molar-refractivity contribution >= 4 is 39.6 Å². The highest BCUT2D eigenvalue weighted by molar-refractivity contribution is 7.98. The topological polar surface area (TPSA) is 88.1 Å². The number of benzene rings is 3. The number of amides is 1. The Balaban J connectivity index is 1.84. The fraction of sp³-hybridized carbons (Fsp3) is 0.167. The molecule has 1 N–H and O–H groups in total. The highest BCUT2D eigenvalue weighted by atomic mass is 32.2. The molecule has 0 radical (unpaired) electrons. The van der Waals surface area contributed by atoms with E-state index in [2.05, 4.69) is 10.5 Å². The van der Waals surface area contributed by atoms with Gasteiger partial charge in [0.2, 0.25) is 0 Å². The third-order valence-corrected chi connectivity index (χ3v) is 7.17. The fourth-order valence-corrected chi connectivity index (χ4v) is 4.79. The summed E-state index contributed by atoms with van der Waals surface area (Å²) in [7, 11) is -4.05. The number of rotatable bonds is 10. The molecule has 3 aromatic rings. The standard InChI is InChI=1S/C24H24FN3O4S2/c1-3-32-21-10-8-20(9-11-21)28(34(30,31)23-14-12-22(33-2)13-15-23)17-24(29)27-26-16-18-4-6-19(25)7-5-18/h4-16H,3,17H2,1-2H3,(H,27,29)/b26-16-. The van der Waals surface area contributed by atoms with Gasteiger partial charge in [-0.05, 0) is 79.4 Å². The maximum Gasteiger partial charge on any atom is 0.264 e. The Kier molecular flexibility index (Phi) is 8.67. The molecule has 7 nitrogen and oxygen atoms in total. The number of nitrogens with zero attached hydrogens (tertiary/aromatic N) is 2. The van der Waals surface area contributed by atoms with Crippen LogP contribution in [-0.4, -0.2) is 39.9 Å². The minimum Gasteiger partial charge on any atom is -0.494 e. The largest absolute Gasteiger partial charge is 0.494 e. The van der Waals surface area contributed by atoms with E-state index in [-0.39, 0.29) is 10.7 Å². The average molecular weight is 502 g/mol. The van der Waals surface area contributed by atoms with Gasteiger partial charge in [-0.1, -0.05) is 12.1 Å². The monoisotopic (exact) mass is 501 g/mol.